The third-order valence-corrected chi connectivity index (χ3v) is 4.60. The number of hydrogen-bond acceptors (Lipinski definition) is 4. The third kappa shape index (κ3) is 2.79. The lowest BCUT2D eigenvalue weighted by Crippen LogP contribution is -1.99. The van der Waals surface area contributed by atoms with Gasteiger partial charge >= 0.3 is 0 Å². The first-order valence-electron chi connectivity index (χ1n) is 8.43. The van der Waals surface area contributed by atoms with Crippen molar-refractivity contribution in [3.8, 4) is 23.3 Å². The minimum Gasteiger partial charge on any atom is -0.457 e. The van der Waals surface area contributed by atoms with Gasteiger partial charge in [0.15, 0.2) is 0 Å². The van der Waals surface area contributed by atoms with Crippen molar-refractivity contribution in [1.82, 2.24) is 4.57 Å². The highest BCUT2D eigenvalue weighted by molar-refractivity contribution is 5.75. The van der Waals surface area contributed by atoms with Gasteiger partial charge in [0.25, 0.3) is 5.82 Å². The number of hydrogen-bond donors (Lipinski definition) is 1. The van der Waals surface area contributed by atoms with Crippen LogP contribution in [0.3, 0.4) is 0 Å². The quantitative estimate of drug-likeness (QED) is 0.680. The summed E-state index contributed by atoms with van der Waals surface area (Å²) >= 11 is 0. The van der Waals surface area contributed by atoms with Crippen LogP contribution in [0.5, 0.6) is 11.5 Å². The Morgan fingerprint density at radius 1 is 1.26 bits per heavy atom. The highest BCUT2D eigenvalue weighted by Gasteiger charge is 2.33. The van der Waals surface area contributed by atoms with Crippen LogP contribution in [0.4, 0.5) is 11.5 Å². The molecule has 2 heterocycles. The summed E-state index contributed by atoms with van der Waals surface area (Å²) in [5.74, 6) is 1.64. The molecule has 0 amide bonds. The van der Waals surface area contributed by atoms with Crippen molar-refractivity contribution in [3.63, 3.8) is 0 Å². The molecule has 1 aromatic heterocycles. The van der Waals surface area contributed by atoms with E-state index in [9.17, 15) is 0 Å². The van der Waals surface area contributed by atoms with E-state index >= 15 is 0 Å². The van der Waals surface area contributed by atoms with Gasteiger partial charge in [-0.2, -0.15) is 5.26 Å². The zero-order chi connectivity index (χ0) is 19.0. The van der Waals surface area contributed by atoms with Gasteiger partial charge in [-0.15, -0.1) is 0 Å². The van der Waals surface area contributed by atoms with Gasteiger partial charge in [0.05, 0.1) is 23.4 Å². The molecule has 1 aliphatic rings. The molecule has 4 rings (SSSR count). The molecule has 2 aromatic carbocycles. The van der Waals surface area contributed by atoms with Gasteiger partial charge in [-0.1, -0.05) is 12.6 Å². The molecule has 0 spiro atoms. The molecule has 6 nitrogen and oxygen atoms in total. The molecule has 0 fully saturated rings. The first-order valence-corrected chi connectivity index (χ1v) is 8.43. The van der Waals surface area contributed by atoms with Crippen molar-refractivity contribution < 1.29 is 9.47 Å². The zero-order valence-corrected chi connectivity index (χ0v) is 14.6. The Morgan fingerprint density at radius 2 is 2.04 bits per heavy atom. The maximum Gasteiger partial charge on any atom is 0.258 e. The van der Waals surface area contributed by atoms with Crippen LogP contribution < -0.4 is 10.5 Å². The van der Waals surface area contributed by atoms with E-state index in [1.165, 1.54) is 0 Å². The second-order valence-electron chi connectivity index (χ2n) is 6.23. The highest BCUT2D eigenvalue weighted by Crippen LogP contribution is 2.44. The molecule has 1 aliphatic heterocycles. The smallest absolute Gasteiger partial charge is 0.258 e. The molecule has 27 heavy (non-hydrogen) atoms. The average molecular weight is 356 g/mol. The minimum absolute atomic E-state index is 0.114. The van der Waals surface area contributed by atoms with E-state index in [1.807, 2.05) is 35.8 Å². The molecule has 6 heteroatoms. The number of nitrogens with two attached hydrogens (primary N) is 1. The van der Waals surface area contributed by atoms with E-state index in [-0.39, 0.29) is 6.10 Å². The van der Waals surface area contributed by atoms with E-state index in [2.05, 4.69) is 10.9 Å². The molecule has 1 unspecified atom stereocenters. The first-order chi connectivity index (χ1) is 13.1. The van der Waals surface area contributed by atoms with E-state index < -0.39 is 0 Å². The van der Waals surface area contributed by atoms with Crippen LogP contribution in [0, 0.1) is 17.9 Å². The fourth-order valence-corrected chi connectivity index (χ4v) is 3.34. The Balaban J connectivity index is 1.68. The summed E-state index contributed by atoms with van der Waals surface area (Å²) in [6.45, 7) is 9.87. The number of benzene rings is 2. The lowest BCUT2D eigenvalue weighted by Gasteiger charge is -2.09. The molecular formula is C21H16N4O2. The zero-order valence-electron chi connectivity index (χ0n) is 14.6. The molecular weight excluding hydrogens is 340 g/mol. The van der Waals surface area contributed by atoms with Crippen molar-refractivity contribution in [3.05, 3.63) is 76.8 Å². The standard InChI is InChI=1S/C21H16N4O2/c1-13-19-18(12-26-13)25(21(24-2)20(19)23)15-6-8-16(9-7-15)27-17-5-3-4-14(10-17)11-22/h3-10,13H,12,23H2,1H3. The maximum absolute atomic E-state index is 8.98. The normalized spacial score (nSPS) is 15.0. The van der Waals surface area contributed by atoms with Crippen molar-refractivity contribution in [2.75, 3.05) is 5.73 Å². The van der Waals surface area contributed by atoms with Crippen LogP contribution in [-0.4, -0.2) is 4.57 Å². The van der Waals surface area contributed by atoms with E-state index in [4.69, 9.17) is 27.0 Å². The summed E-state index contributed by atoms with van der Waals surface area (Å²) < 4.78 is 13.3. The molecule has 0 radical (unpaired) electrons. The highest BCUT2D eigenvalue weighted by atomic mass is 16.5. The first kappa shape index (κ1) is 16.7. The summed E-state index contributed by atoms with van der Waals surface area (Å²) in [4.78, 5) is 3.62. The van der Waals surface area contributed by atoms with Crippen LogP contribution in [0.1, 0.15) is 29.8 Å². The third-order valence-electron chi connectivity index (χ3n) is 4.60. The number of ether oxygens (including phenoxy) is 2. The Labute approximate surface area is 156 Å². The predicted molar refractivity (Wildman–Crippen MR) is 101 cm³/mol. The van der Waals surface area contributed by atoms with Crippen molar-refractivity contribution in [2.45, 2.75) is 19.6 Å². The molecule has 132 valence electrons. The van der Waals surface area contributed by atoms with Crippen LogP contribution >= 0.6 is 0 Å². The summed E-state index contributed by atoms with van der Waals surface area (Å²) in [7, 11) is 0. The number of fused-ring (bicyclic) bond motifs is 1. The maximum atomic E-state index is 8.98. The second-order valence-corrected chi connectivity index (χ2v) is 6.23. The number of anilines is 1. The Bertz CT molecular complexity index is 1100. The monoisotopic (exact) mass is 356 g/mol. The van der Waals surface area contributed by atoms with E-state index in [0.717, 1.165) is 16.9 Å². The predicted octanol–water partition coefficient (Wildman–Crippen LogP) is 4.87. The van der Waals surface area contributed by atoms with E-state index in [1.54, 1.807) is 24.3 Å². The van der Waals surface area contributed by atoms with E-state index in [0.29, 0.717) is 35.2 Å². The Hall–Kier alpha value is -3.74. The lowest BCUT2D eigenvalue weighted by atomic mass is 10.1. The molecule has 0 aliphatic carbocycles. The fourth-order valence-electron chi connectivity index (χ4n) is 3.34. The van der Waals surface area contributed by atoms with Crippen LogP contribution in [0.2, 0.25) is 0 Å². The largest absolute Gasteiger partial charge is 0.457 e. The van der Waals surface area contributed by atoms with Gasteiger partial charge in [-0.3, -0.25) is 4.57 Å². The number of aromatic nitrogens is 1. The number of nitrogen functional groups attached to an aromatic ring is 1. The summed E-state index contributed by atoms with van der Waals surface area (Å²) in [6.07, 6.45) is -0.114. The van der Waals surface area contributed by atoms with Gasteiger partial charge in [0, 0.05) is 5.56 Å². The molecule has 0 saturated carbocycles. The lowest BCUT2D eigenvalue weighted by molar-refractivity contribution is 0.0779. The topological polar surface area (TPSA) is 77.6 Å². The van der Waals surface area contributed by atoms with Crippen molar-refractivity contribution in [2.24, 2.45) is 0 Å². The van der Waals surface area contributed by atoms with Gasteiger partial charge < -0.3 is 20.1 Å². The van der Waals surface area contributed by atoms with Crippen molar-refractivity contribution in [1.29, 1.82) is 5.26 Å². The van der Waals surface area contributed by atoms with Crippen LogP contribution in [-0.2, 0) is 11.3 Å². The molecule has 0 saturated heterocycles. The van der Waals surface area contributed by atoms with Crippen molar-refractivity contribution >= 4 is 11.5 Å². The van der Waals surface area contributed by atoms with Crippen LogP contribution in [0.15, 0.2) is 48.5 Å². The average Bonchev–Trinajstić information content (AvgIpc) is 3.20. The molecule has 3 aromatic rings. The van der Waals surface area contributed by atoms with Crippen LogP contribution in [0.25, 0.3) is 10.5 Å². The van der Waals surface area contributed by atoms with Gasteiger partial charge in [-0.25, -0.2) is 0 Å². The SMILES string of the molecule is [C-]#[N+]c1c(N)c2c(n1-c1ccc(Oc3cccc(C#N)c3)cc1)COC2C. The number of nitrogens with zero attached hydrogens (tertiary/aromatic N) is 3. The molecule has 0 bridgehead atoms. The second kappa shape index (κ2) is 6.53. The molecule has 1 atom stereocenters. The number of nitriles is 1. The Kier molecular flexibility index (Phi) is 4.04. The summed E-state index contributed by atoms with van der Waals surface area (Å²) in [5.41, 5.74) is 9.85. The Morgan fingerprint density at radius 3 is 2.74 bits per heavy atom. The fraction of sp³-hybridized carbons (Fsp3) is 0.143. The summed E-state index contributed by atoms with van der Waals surface area (Å²) in [5, 5.41) is 8.98. The van der Waals surface area contributed by atoms with Gasteiger partial charge in [0.2, 0.25) is 0 Å². The van der Waals surface area contributed by atoms with Gasteiger partial charge in [0.1, 0.15) is 29.5 Å². The molecule has 2 N–H and O–H groups in total. The number of rotatable bonds is 3. The summed E-state index contributed by atoms with van der Waals surface area (Å²) in [6, 6.07) is 16.5. The minimum atomic E-state index is -0.114. The van der Waals surface area contributed by atoms with Gasteiger partial charge in [-0.05, 0) is 49.4 Å².